The van der Waals surface area contributed by atoms with Crippen molar-refractivity contribution in [2.24, 2.45) is 0 Å². The molecule has 6 heteroatoms. The number of halogens is 1. The molecule has 2 aromatic carbocycles. The third-order valence-corrected chi connectivity index (χ3v) is 6.18. The summed E-state index contributed by atoms with van der Waals surface area (Å²) in [6.07, 6.45) is 0.902. The van der Waals surface area contributed by atoms with E-state index in [0.717, 1.165) is 37.7 Å². The highest BCUT2D eigenvalue weighted by molar-refractivity contribution is 7.99. The van der Waals surface area contributed by atoms with E-state index >= 15 is 0 Å². The van der Waals surface area contributed by atoms with Crippen molar-refractivity contribution in [2.75, 3.05) is 31.1 Å². The summed E-state index contributed by atoms with van der Waals surface area (Å²) in [5, 5.41) is 6.75. The molecule has 4 rings (SSSR count). The Morgan fingerprint density at radius 3 is 2.38 bits per heavy atom. The van der Waals surface area contributed by atoms with Crippen molar-refractivity contribution < 1.29 is 0 Å². The molecule has 0 aliphatic carbocycles. The molecule has 1 saturated heterocycles. The van der Waals surface area contributed by atoms with Crippen molar-refractivity contribution in [3.05, 3.63) is 71.2 Å². The van der Waals surface area contributed by atoms with Gasteiger partial charge in [0.25, 0.3) is 0 Å². The molecular formula is C20H22ClN3S2. The fourth-order valence-electron chi connectivity index (χ4n) is 2.89. The van der Waals surface area contributed by atoms with Crippen molar-refractivity contribution in [1.29, 1.82) is 0 Å². The lowest BCUT2D eigenvalue weighted by atomic mass is 10.1. The Hall–Kier alpha value is -1.53. The summed E-state index contributed by atoms with van der Waals surface area (Å²) >= 11 is 3.56. The van der Waals surface area contributed by atoms with Crippen LogP contribution in [0, 0.1) is 0 Å². The molecule has 1 fully saturated rings. The van der Waals surface area contributed by atoms with Gasteiger partial charge in [-0.1, -0.05) is 42.1 Å². The van der Waals surface area contributed by atoms with Crippen LogP contribution in [0.15, 0.2) is 69.8 Å². The fraction of sp³-hybridized carbons (Fsp3) is 0.250. The first-order valence-corrected chi connectivity index (χ1v) is 10.3. The van der Waals surface area contributed by atoms with Gasteiger partial charge < -0.3 is 10.2 Å². The molecule has 0 saturated carbocycles. The Labute approximate surface area is 169 Å². The van der Waals surface area contributed by atoms with Crippen LogP contribution in [-0.2, 0) is 6.42 Å². The average molecular weight is 404 g/mol. The van der Waals surface area contributed by atoms with Crippen LogP contribution in [0.1, 0.15) is 11.3 Å². The van der Waals surface area contributed by atoms with Gasteiger partial charge in [0.15, 0.2) is 5.13 Å². The van der Waals surface area contributed by atoms with Crippen molar-refractivity contribution in [2.45, 2.75) is 16.2 Å². The summed E-state index contributed by atoms with van der Waals surface area (Å²) in [6, 6.07) is 19.3. The summed E-state index contributed by atoms with van der Waals surface area (Å²) in [4.78, 5) is 9.76. The highest BCUT2D eigenvalue weighted by Crippen LogP contribution is 2.28. The maximum Gasteiger partial charge on any atom is 0.185 e. The number of nitrogens with one attached hydrogen (secondary N) is 1. The van der Waals surface area contributed by atoms with Crippen LogP contribution in [0.3, 0.4) is 0 Å². The molecule has 1 N–H and O–H groups in total. The standard InChI is InChI=1S/C20H21N3S2.ClH/c1-2-4-18(5-3-1)25-19-8-6-16(7-9-19)14-17-15-24-20(22-17)23-12-10-21-11-13-23;/h1-9,15,21H,10-14H2;1H. The quantitative estimate of drug-likeness (QED) is 0.667. The Balaban J connectivity index is 0.00000196. The molecule has 0 spiro atoms. The molecule has 0 atom stereocenters. The molecule has 26 heavy (non-hydrogen) atoms. The van der Waals surface area contributed by atoms with Gasteiger partial charge in [0.05, 0.1) is 5.69 Å². The van der Waals surface area contributed by atoms with Crippen LogP contribution in [0.4, 0.5) is 5.13 Å². The van der Waals surface area contributed by atoms with Crippen LogP contribution in [0.5, 0.6) is 0 Å². The number of rotatable bonds is 5. The van der Waals surface area contributed by atoms with Crippen molar-refractivity contribution >= 4 is 40.6 Å². The fourth-order valence-corrected chi connectivity index (χ4v) is 4.60. The highest BCUT2D eigenvalue weighted by atomic mass is 35.5. The number of aromatic nitrogens is 1. The molecule has 1 aromatic heterocycles. The largest absolute Gasteiger partial charge is 0.346 e. The van der Waals surface area contributed by atoms with Gasteiger partial charge in [0.1, 0.15) is 0 Å². The van der Waals surface area contributed by atoms with Crippen LogP contribution in [0.2, 0.25) is 0 Å². The van der Waals surface area contributed by atoms with Crippen molar-refractivity contribution in [3.63, 3.8) is 0 Å². The maximum atomic E-state index is 4.83. The number of thiazole rings is 1. The van der Waals surface area contributed by atoms with Crippen LogP contribution >= 0.6 is 35.5 Å². The van der Waals surface area contributed by atoms with E-state index in [1.165, 1.54) is 21.0 Å². The minimum Gasteiger partial charge on any atom is -0.346 e. The smallest absolute Gasteiger partial charge is 0.185 e. The molecule has 3 aromatic rings. The molecule has 136 valence electrons. The predicted octanol–water partition coefficient (Wildman–Crippen LogP) is 4.72. The Kier molecular flexibility index (Phi) is 6.97. The number of nitrogens with zero attached hydrogens (tertiary/aromatic N) is 2. The van der Waals surface area contributed by atoms with Gasteiger partial charge in [-0.05, 0) is 29.8 Å². The number of hydrogen-bond donors (Lipinski definition) is 1. The summed E-state index contributed by atoms with van der Waals surface area (Å²) in [5.41, 5.74) is 2.48. The molecule has 0 radical (unpaired) electrons. The minimum absolute atomic E-state index is 0. The van der Waals surface area contributed by atoms with Gasteiger partial charge in [-0.2, -0.15) is 0 Å². The molecule has 0 unspecified atom stereocenters. The van der Waals surface area contributed by atoms with Crippen molar-refractivity contribution in [3.8, 4) is 0 Å². The number of hydrogen-bond acceptors (Lipinski definition) is 5. The van der Waals surface area contributed by atoms with E-state index in [0.29, 0.717) is 0 Å². The van der Waals surface area contributed by atoms with Crippen LogP contribution in [-0.4, -0.2) is 31.2 Å². The molecule has 2 heterocycles. The zero-order valence-corrected chi connectivity index (χ0v) is 16.9. The molecule has 1 aliphatic rings. The van der Waals surface area contributed by atoms with Gasteiger partial charge in [0, 0.05) is 47.8 Å². The van der Waals surface area contributed by atoms with E-state index in [-0.39, 0.29) is 12.4 Å². The van der Waals surface area contributed by atoms with Gasteiger partial charge in [-0.25, -0.2) is 4.98 Å². The van der Waals surface area contributed by atoms with E-state index in [4.69, 9.17) is 4.98 Å². The van der Waals surface area contributed by atoms with E-state index < -0.39 is 0 Å². The molecule has 0 bridgehead atoms. The van der Waals surface area contributed by atoms with E-state index in [9.17, 15) is 0 Å². The third-order valence-electron chi connectivity index (χ3n) is 4.21. The SMILES string of the molecule is Cl.c1ccc(Sc2ccc(Cc3csc(N4CCNCC4)n3)cc2)cc1. The second kappa shape index (κ2) is 9.42. The number of anilines is 1. The third kappa shape index (κ3) is 5.01. The summed E-state index contributed by atoms with van der Waals surface area (Å²) in [7, 11) is 0. The number of piperazine rings is 1. The van der Waals surface area contributed by atoms with Crippen LogP contribution < -0.4 is 10.2 Å². The lowest BCUT2D eigenvalue weighted by Gasteiger charge is -2.26. The zero-order valence-electron chi connectivity index (χ0n) is 14.4. The average Bonchev–Trinajstić information content (AvgIpc) is 3.14. The molecule has 1 aliphatic heterocycles. The first kappa shape index (κ1) is 19.2. The van der Waals surface area contributed by atoms with E-state index in [1.54, 1.807) is 23.1 Å². The summed E-state index contributed by atoms with van der Waals surface area (Å²) < 4.78 is 0. The summed E-state index contributed by atoms with van der Waals surface area (Å²) in [5.74, 6) is 0. The lowest BCUT2D eigenvalue weighted by molar-refractivity contribution is 0.588. The van der Waals surface area contributed by atoms with Crippen LogP contribution in [0.25, 0.3) is 0 Å². The van der Waals surface area contributed by atoms with Crippen molar-refractivity contribution in [1.82, 2.24) is 10.3 Å². The Bertz CT molecular complexity index is 799. The first-order chi connectivity index (χ1) is 12.4. The highest BCUT2D eigenvalue weighted by Gasteiger charge is 2.14. The summed E-state index contributed by atoms with van der Waals surface area (Å²) in [6.45, 7) is 4.21. The lowest BCUT2D eigenvalue weighted by Crippen LogP contribution is -2.43. The molecule has 0 amide bonds. The Morgan fingerprint density at radius 1 is 0.962 bits per heavy atom. The van der Waals surface area contributed by atoms with E-state index in [2.05, 4.69) is 70.2 Å². The van der Waals surface area contributed by atoms with Gasteiger partial charge in [0.2, 0.25) is 0 Å². The number of benzene rings is 2. The topological polar surface area (TPSA) is 28.2 Å². The predicted molar refractivity (Wildman–Crippen MR) is 114 cm³/mol. The van der Waals surface area contributed by atoms with Gasteiger partial charge in [-0.15, -0.1) is 23.7 Å². The zero-order chi connectivity index (χ0) is 16.9. The molecule has 3 nitrogen and oxygen atoms in total. The van der Waals surface area contributed by atoms with Gasteiger partial charge >= 0.3 is 0 Å². The minimum atomic E-state index is 0. The van der Waals surface area contributed by atoms with E-state index in [1.807, 2.05) is 0 Å². The first-order valence-electron chi connectivity index (χ1n) is 8.59. The molecular weight excluding hydrogens is 382 g/mol. The monoisotopic (exact) mass is 403 g/mol. The second-order valence-electron chi connectivity index (χ2n) is 6.09. The maximum absolute atomic E-state index is 4.83. The second-order valence-corrected chi connectivity index (χ2v) is 8.08. The normalized spacial score (nSPS) is 14.1. The Morgan fingerprint density at radius 2 is 1.65 bits per heavy atom. The van der Waals surface area contributed by atoms with Gasteiger partial charge in [-0.3, -0.25) is 0 Å².